The van der Waals surface area contributed by atoms with Crippen molar-refractivity contribution in [3.05, 3.63) is 57.2 Å². The first kappa shape index (κ1) is 20.6. The average molecular weight is 408 g/mol. The van der Waals surface area contributed by atoms with Crippen molar-refractivity contribution in [1.82, 2.24) is 0 Å². The van der Waals surface area contributed by atoms with Crippen molar-refractivity contribution in [1.29, 1.82) is 0 Å². The summed E-state index contributed by atoms with van der Waals surface area (Å²) in [4.78, 5) is 24.8. The van der Waals surface area contributed by atoms with Crippen LogP contribution in [-0.4, -0.2) is 16.7 Å². The van der Waals surface area contributed by atoms with Crippen LogP contribution in [0.15, 0.2) is 39.5 Å². The molecule has 0 amide bonds. The van der Waals surface area contributed by atoms with E-state index in [2.05, 4.69) is 19.9 Å². The fourth-order valence-electron chi connectivity index (χ4n) is 3.88. The van der Waals surface area contributed by atoms with Gasteiger partial charge in [0.05, 0.1) is 28.0 Å². The lowest BCUT2D eigenvalue weighted by molar-refractivity contribution is -0.0713. The molecule has 1 aromatic heterocycles. The molecule has 0 bridgehead atoms. The number of ether oxygens (including phenoxy) is 1. The van der Waals surface area contributed by atoms with Gasteiger partial charge in [0, 0.05) is 5.56 Å². The molecule has 1 atom stereocenters. The quantitative estimate of drug-likeness (QED) is 0.521. The molecule has 3 aromatic rings. The Morgan fingerprint density at radius 3 is 2.40 bits per heavy atom. The fraction of sp³-hybridized carbons (Fsp3) is 0.440. The summed E-state index contributed by atoms with van der Waals surface area (Å²) in [5.41, 5.74) is 2.42. The molecule has 158 valence electrons. The minimum atomic E-state index is -1.07. The Morgan fingerprint density at radius 1 is 1.13 bits per heavy atom. The largest absolute Gasteiger partial charge is 0.478 e. The summed E-state index contributed by atoms with van der Waals surface area (Å²) >= 11 is 0. The van der Waals surface area contributed by atoms with E-state index in [1.807, 2.05) is 26.8 Å². The predicted molar refractivity (Wildman–Crippen MR) is 117 cm³/mol. The topological polar surface area (TPSA) is 76.7 Å². The maximum absolute atomic E-state index is 13.4. The van der Waals surface area contributed by atoms with Crippen LogP contribution in [0.25, 0.3) is 21.9 Å². The number of benzene rings is 2. The van der Waals surface area contributed by atoms with Crippen LogP contribution >= 0.6 is 0 Å². The number of hydrogen-bond donors (Lipinski definition) is 1. The SMILES string of the molecule is CC(C)c1cc(C(OC(C)(C)C)C2CC2)c2oc3ccc(C(=O)O)cc3c(=O)c2c1. The molecule has 5 heteroatoms. The zero-order valence-electron chi connectivity index (χ0n) is 18.1. The van der Waals surface area contributed by atoms with Crippen molar-refractivity contribution >= 4 is 27.9 Å². The van der Waals surface area contributed by atoms with E-state index in [0.717, 1.165) is 24.0 Å². The van der Waals surface area contributed by atoms with Gasteiger partial charge in [-0.1, -0.05) is 13.8 Å². The fourth-order valence-corrected chi connectivity index (χ4v) is 3.88. The van der Waals surface area contributed by atoms with Gasteiger partial charge in [-0.25, -0.2) is 4.79 Å². The van der Waals surface area contributed by atoms with Crippen LogP contribution in [0.5, 0.6) is 0 Å². The highest BCUT2D eigenvalue weighted by atomic mass is 16.5. The molecule has 1 aliphatic carbocycles. The number of carbonyl (C=O) groups is 1. The summed E-state index contributed by atoms with van der Waals surface area (Å²) < 4.78 is 12.7. The summed E-state index contributed by atoms with van der Waals surface area (Å²) in [6.07, 6.45) is 2.03. The lowest BCUT2D eigenvalue weighted by Crippen LogP contribution is -2.24. The maximum atomic E-state index is 13.4. The lowest BCUT2D eigenvalue weighted by atomic mass is 9.93. The summed E-state index contributed by atoms with van der Waals surface area (Å²) in [7, 11) is 0. The molecule has 0 saturated heterocycles. The molecule has 0 aliphatic heterocycles. The van der Waals surface area contributed by atoms with Crippen molar-refractivity contribution in [3.8, 4) is 0 Å². The third-order valence-electron chi connectivity index (χ3n) is 5.57. The van der Waals surface area contributed by atoms with Gasteiger partial charge in [-0.15, -0.1) is 0 Å². The second-order valence-corrected chi connectivity index (χ2v) is 9.58. The Bertz CT molecular complexity index is 1190. The predicted octanol–water partition coefficient (Wildman–Crippen LogP) is 6.03. The Hall–Kier alpha value is -2.66. The van der Waals surface area contributed by atoms with Crippen LogP contribution in [-0.2, 0) is 4.74 Å². The van der Waals surface area contributed by atoms with Gasteiger partial charge in [-0.3, -0.25) is 4.79 Å². The van der Waals surface area contributed by atoms with E-state index in [9.17, 15) is 14.7 Å². The third-order valence-corrected chi connectivity index (χ3v) is 5.57. The smallest absolute Gasteiger partial charge is 0.335 e. The van der Waals surface area contributed by atoms with Crippen LogP contribution in [0.2, 0.25) is 0 Å². The van der Waals surface area contributed by atoms with Gasteiger partial charge in [0.15, 0.2) is 0 Å². The van der Waals surface area contributed by atoms with Crippen LogP contribution in [0, 0.1) is 5.92 Å². The van der Waals surface area contributed by atoms with Crippen LogP contribution in [0.4, 0.5) is 0 Å². The standard InChI is InChI=1S/C25H28O5/c1-13(2)16-11-18-21(26)17-10-15(24(27)28)8-9-20(17)29-23(18)19(12-16)22(14-6-7-14)30-25(3,4)5/h8-14,22H,6-7H2,1-5H3,(H,27,28). The van der Waals surface area contributed by atoms with Gasteiger partial charge in [-0.05, 0) is 81.3 Å². The molecule has 0 spiro atoms. The highest BCUT2D eigenvalue weighted by Gasteiger charge is 2.37. The molecule has 5 nitrogen and oxygen atoms in total. The van der Waals surface area contributed by atoms with E-state index in [4.69, 9.17) is 9.15 Å². The maximum Gasteiger partial charge on any atom is 0.335 e. The van der Waals surface area contributed by atoms with Crippen molar-refractivity contribution in [2.75, 3.05) is 0 Å². The molecule has 0 radical (unpaired) electrons. The van der Waals surface area contributed by atoms with Gasteiger partial charge in [0.2, 0.25) is 5.43 Å². The van der Waals surface area contributed by atoms with Gasteiger partial charge >= 0.3 is 5.97 Å². The van der Waals surface area contributed by atoms with E-state index < -0.39 is 5.97 Å². The number of hydrogen-bond acceptors (Lipinski definition) is 4. The molecule has 30 heavy (non-hydrogen) atoms. The number of rotatable bonds is 5. The summed E-state index contributed by atoms with van der Waals surface area (Å²) in [6.45, 7) is 10.3. The van der Waals surface area contributed by atoms with Crippen molar-refractivity contribution < 1.29 is 19.1 Å². The Morgan fingerprint density at radius 2 is 1.83 bits per heavy atom. The van der Waals surface area contributed by atoms with E-state index in [1.54, 1.807) is 6.07 Å². The third kappa shape index (κ3) is 3.86. The number of aromatic carboxylic acids is 1. The first-order chi connectivity index (χ1) is 14.0. The summed E-state index contributed by atoms with van der Waals surface area (Å²) in [6, 6.07) is 8.42. The Kier molecular flexibility index (Phi) is 4.97. The van der Waals surface area contributed by atoms with Crippen LogP contribution in [0.1, 0.15) is 81.0 Å². The van der Waals surface area contributed by atoms with E-state index in [1.165, 1.54) is 12.1 Å². The zero-order chi connectivity index (χ0) is 21.8. The lowest BCUT2D eigenvalue weighted by Gasteiger charge is -2.29. The summed E-state index contributed by atoms with van der Waals surface area (Å²) in [5, 5.41) is 10.1. The molecule has 1 fully saturated rings. The monoisotopic (exact) mass is 408 g/mol. The second-order valence-electron chi connectivity index (χ2n) is 9.58. The second kappa shape index (κ2) is 7.24. The number of fused-ring (bicyclic) bond motifs is 2. The molecule has 1 saturated carbocycles. The first-order valence-electron chi connectivity index (χ1n) is 10.5. The first-order valence-corrected chi connectivity index (χ1v) is 10.5. The Balaban J connectivity index is 2.03. The van der Waals surface area contributed by atoms with E-state index in [0.29, 0.717) is 22.5 Å². The van der Waals surface area contributed by atoms with Gasteiger partial charge in [-0.2, -0.15) is 0 Å². The molecular formula is C25H28O5. The van der Waals surface area contributed by atoms with Crippen LogP contribution < -0.4 is 5.43 Å². The number of carboxylic acids is 1. The number of carboxylic acid groups (broad SMARTS) is 1. The molecule has 2 aromatic carbocycles. The van der Waals surface area contributed by atoms with E-state index in [-0.39, 0.29) is 34.0 Å². The van der Waals surface area contributed by atoms with Gasteiger partial charge in [0.1, 0.15) is 11.2 Å². The average Bonchev–Trinajstić information content (AvgIpc) is 3.50. The minimum absolute atomic E-state index is 0.0707. The molecule has 1 heterocycles. The van der Waals surface area contributed by atoms with Crippen LogP contribution in [0.3, 0.4) is 0 Å². The van der Waals surface area contributed by atoms with E-state index >= 15 is 0 Å². The van der Waals surface area contributed by atoms with Crippen molar-refractivity contribution in [2.45, 2.75) is 65.1 Å². The van der Waals surface area contributed by atoms with Crippen molar-refractivity contribution in [3.63, 3.8) is 0 Å². The molecule has 1 N–H and O–H groups in total. The highest BCUT2D eigenvalue weighted by Crippen LogP contribution is 2.47. The molecule has 1 unspecified atom stereocenters. The van der Waals surface area contributed by atoms with Crippen molar-refractivity contribution in [2.24, 2.45) is 5.92 Å². The molecular weight excluding hydrogens is 380 g/mol. The zero-order valence-corrected chi connectivity index (χ0v) is 18.1. The normalized spacial score (nSPS) is 15.8. The highest BCUT2D eigenvalue weighted by molar-refractivity contribution is 5.96. The molecule has 1 aliphatic rings. The molecule has 4 rings (SSSR count). The van der Waals surface area contributed by atoms with Gasteiger partial charge < -0.3 is 14.3 Å². The minimum Gasteiger partial charge on any atom is -0.478 e. The van der Waals surface area contributed by atoms with Gasteiger partial charge in [0.25, 0.3) is 0 Å². The summed E-state index contributed by atoms with van der Waals surface area (Å²) in [5.74, 6) is -0.436. The Labute approximate surface area is 175 Å².